The SMILES string of the molecule is COCCOc1cccc([C@@H](N)CN)c1. The zero-order chi connectivity index (χ0) is 11.1. The van der Waals surface area contributed by atoms with Crippen molar-refractivity contribution >= 4 is 0 Å². The van der Waals surface area contributed by atoms with Crippen LogP contribution in [0.4, 0.5) is 0 Å². The van der Waals surface area contributed by atoms with Crippen LogP contribution in [0.25, 0.3) is 0 Å². The fraction of sp³-hybridized carbons (Fsp3) is 0.455. The molecule has 0 saturated heterocycles. The summed E-state index contributed by atoms with van der Waals surface area (Å²) in [5, 5.41) is 0. The molecule has 0 aliphatic heterocycles. The molecule has 4 heteroatoms. The van der Waals surface area contributed by atoms with Gasteiger partial charge in [-0.05, 0) is 17.7 Å². The molecule has 0 unspecified atom stereocenters. The van der Waals surface area contributed by atoms with Crippen LogP contribution in [-0.2, 0) is 4.74 Å². The largest absolute Gasteiger partial charge is 0.491 e. The Morgan fingerprint density at radius 3 is 2.80 bits per heavy atom. The molecule has 84 valence electrons. The molecule has 0 aliphatic carbocycles. The van der Waals surface area contributed by atoms with E-state index < -0.39 is 0 Å². The number of benzene rings is 1. The van der Waals surface area contributed by atoms with Gasteiger partial charge in [0.1, 0.15) is 12.4 Å². The zero-order valence-electron chi connectivity index (χ0n) is 8.98. The van der Waals surface area contributed by atoms with Gasteiger partial charge in [0.25, 0.3) is 0 Å². The molecule has 0 heterocycles. The molecule has 1 aromatic carbocycles. The molecule has 0 amide bonds. The van der Waals surface area contributed by atoms with Crippen molar-refractivity contribution in [2.24, 2.45) is 11.5 Å². The van der Waals surface area contributed by atoms with E-state index in [9.17, 15) is 0 Å². The van der Waals surface area contributed by atoms with Gasteiger partial charge in [0, 0.05) is 19.7 Å². The fourth-order valence-electron chi connectivity index (χ4n) is 1.21. The first kappa shape index (κ1) is 12.0. The molecule has 0 spiro atoms. The number of nitrogens with two attached hydrogens (primary N) is 2. The normalized spacial score (nSPS) is 12.5. The highest BCUT2D eigenvalue weighted by molar-refractivity contribution is 5.30. The molecule has 0 saturated carbocycles. The molecular formula is C11H18N2O2. The maximum atomic E-state index is 5.81. The van der Waals surface area contributed by atoms with Gasteiger partial charge in [0.15, 0.2) is 0 Å². The third-order valence-corrected chi connectivity index (χ3v) is 2.10. The van der Waals surface area contributed by atoms with Crippen molar-refractivity contribution in [2.75, 3.05) is 26.9 Å². The Morgan fingerprint density at radius 1 is 1.33 bits per heavy atom. The maximum absolute atomic E-state index is 5.81. The van der Waals surface area contributed by atoms with Gasteiger partial charge in [-0.15, -0.1) is 0 Å². The number of hydrogen-bond acceptors (Lipinski definition) is 4. The number of rotatable bonds is 6. The summed E-state index contributed by atoms with van der Waals surface area (Å²) >= 11 is 0. The van der Waals surface area contributed by atoms with Crippen LogP contribution in [0.1, 0.15) is 11.6 Å². The molecule has 0 aromatic heterocycles. The van der Waals surface area contributed by atoms with Crippen molar-refractivity contribution in [3.8, 4) is 5.75 Å². The Labute approximate surface area is 90.2 Å². The second-order valence-corrected chi connectivity index (χ2v) is 3.26. The highest BCUT2D eigenvalue weighted by Gasteiger charge is 2.04. The molecule has 15 heavy (non-hydrogen) atoms. The van der Waals surface area contributed by atoms with E-state index in [0.29, 0.717) is 19.8 Å². The second kappa shape index (κ2) is 6.40. The van der Waals surface area contributed by atoms with Gasteiger partial charge < -0.3 is 20.9 Å². The Balaban J connectivity index is 2.57. The van der Waals surface area contributed by atoms with E-state index >= 15 is 0 Å². The lowest BCUT2D eigenvalue weighted by atomic mass is 10.1. The summed E-state index contributed by atoms with van der Waals surface area (Å²) in [5.74, 6) is 0.799. The average Bonchev–Trinajstić information content (AvgIpc) is 2.29. The second-order valence-electron chi connectivity index (χ2n) is 3.26. The summed E-state index contributed by atoms with van der Waals surface area (Å²) in [7, 11) is 1.64. The van der Waals surface area contributed by atoms with Gasteiger partial charge >= 0.3 is 0 Å². The third kappa shape index (κ3) is 3.87. The van der Waals surface area contributed by atoms with Crippen LogP contribution in [0.15, 0.2) is 24.3 Å². The molecule has 0 bridgehead atoms. The van der Waals surface area contributed by atoms with E-state index in [1.165, 1.54) is 0 Å². The van der Waals surface area contributed by atoms with Crippen LogP contribution in [0.5, 0.6) is 5.75 Å². The van der Waals surface area contributed by atoms with E-state index in [-0.39, 0.29) is 6.04 Å². The van der Waals surface area contributed by atoms with Crippen LogP contribution in [-0.4, -0.2) is 26.9 Å². The van der Waals surface area contributed by atoms with Crippen LogP contribution < -0.4 is 16.2 Å². The van der Waals surface area contributed by atoms with Crippen molar-refractivity contribution in [1.29, 1.82) is 0 Å². The van der Waals surface area contributed by atoms with E-state index in [1.54, 1.807) is 7.11 Å². The maximum Gasteiger partial charge on any atom is 0.119 e. The lowest BCUT2D eigenvalue weighted by Crippen LogP contribution is -2.20. The summed E-state index contributed by atoms with van der Waals surface area (Å²) < 4.78 is 10.4. The van der Waals surface area contributed by atoms with E-state index in [0.717, 1.165) is 11.3 Å². The van der Waals surface area contributed by atoms with Crippen LogP contribution in [0.2, 0.25) is 0 Å². The lowest BCUT2D eigenvalue weighted by molar-refractivity contribution is 0.146. The van der Waals surface area contributed by atoms with Crippen molar-refractivity contribution in [1.82, 2.24) is 0 Å². The van der Waals surface area contributed by atoms with Gasteiger partial charge in [-0.25, -0.2) is 0 Å². The van der Waals surface area contributed by atoms with Crippen LogP contribution >= 0.6 is 0 Å². The van der Waals surface area contributed by atoms with Crippen molar-refractivity contribution < 1.29 is 9.47 Å². The summed E-state index contributed by atoms with van der Waals surface area (Å²) in [6.07, 6.45) is 0. The molecule has 0 radical (unpaired) electrons. The van der Waals surface area contributed by atoms with Gasteiger partial charge in [-0.1, -0.05) is 12.1 Å². The van der Waals surface area contributed by atoms with E-state index in [4.69, 9.17) is 20.9 Å². The Hall–Kier alpha value is -1.10. The highest BCUT2D eigenvalue weighted by atomic mass is 16.5. The number of hydrogen-bond donors (Lipinski definition) is 2. The Morgan fingerprint density at radius 2 is 2.13 bits per heavy atom. The number of methoxy groups -OCH3 is 1. The first-order valence-electron chi connectivity index (χ1n) is 4.95. The van der Waals surface area contributed by atoms with Crippen molar-refractivity contribution in [3.63, 3.8) is 0 Å². The standard InChI is InChI=1S/C11H18N2O2/c1-14-5-6-15-10-4-2-3-9(7-10)11(13)8-12/h2-4,7,11H,5-6,8,12-13H2,1H3/t11-/m0/s1. The fourth-order valence-corrected chi connectivity index (χ4v) is 1.21. The predicted molar refractivity (Wildman–Crippen MR) is 59.8 cm³/mol. The molecule has 1 aromatic rings. The molecule has 1 atom stereocenters. The van der Waals surface area contributed by atoms with Crippen molar-refractivity contribution in [2.45, 2.75) is 6.04 Å². The molecule has 4 nitrogen and oxygen atoms in total. The Bertz CT molecular complexity index is 292. The van der Waals surface area contributed by atoms with Crippen LogP contribution in [0, 0.1) is 0 Å². The average molecular weight is 210 g/mol. The summed E-state index contributed by atoms with van der Waals surface area (Å²) in [6.45, 7) is 1.55. The third-order valence-electron chi connectivity index (χ3n) is 2.10. The predicted octanol–water partition coefficient (Wildman–Crippen LogP) is 0.670. The summed E-state index contributed by atoms with van der Waals surface area (Å²) in [5.41, 5.74) is 12.3. The Kier molecular flexibility index (Phi) is 5.10. The minimum Gasteiger partial charge on any atom is -0.491 e. The smallest absolute Gasteiger partial charge is 0.119 e. The molecule has 0 aliphatic rings. The van der Waals surface area contributed by atoms with Crippen molar-refractivity contribution in [3.05, 3.63) is 29.8 Å². The minimum absolute atomic E-state index is 0.129. The molecule has 0 fully saturated rings. The van der Waals surface area contributed by atoms with Gasteiger partial charge in [-0.2, -0.15) is 0 Å². The first-order valence-corrected chi connectivity index (χ1v) is 4.95. The van der Waals surface area contributed by atoms with Gasteiger partial charge in [0.05, 0.1) is 6.61 Å². The van der Waals surface area contributed by atoms with Gasteiger partial charge in [0.2, 0.25) is 0 Å². The highest BCUT2D eigenvalue weighted by Crippen LogP contribution is 2.17. The van der Waals surface area contributed by atoms with E-state index in [1.807, 2.05) is 24.3 Å². The van der Waals surface area contributed by atoms with E-state index in [2.05, 4.69) is 0 Å². The van der Waals surface area contributed by atoms with Crippen LogP contribution in [0.3, 0.4) is 0 Å². The topological polar surface area (TPSA) is 70.5 Å². The lowest BCUT2D eigenvalue weighted by Gasteiger charge is -2.11. The molecular weight excluding hydrogens is 192 g/mol. The quantitative estimate of drug-likeness (QED) is 0.677. The summed E-state index contributed by atoms with van der Waals surface area (Å²) in [6, 6.07) is 7.53. The van der Waals surface area contributed by atoms with Gasteiger partial charge in [-0.3, -0.25) is 0 Å². The molecule has 4 N–H and O–H groups in total. The summed E-state index contributed by atoms with van der Waals surface area (Å²) in [4.78, 5) is 0. The zero-order valence-corrected chi connectivity index (χ0v) is 8.98. The molecule has 1 rings (SSSR count). The number of ether oxygens (including phenoxy) is 2. The first-order chi connectivity index (χ1) is 7.27. The monoisotopic (exact) mass is 210 g/mol. The minimum atomic E-state index is -0.129.